The predicted molar refractivity (Wildman–Crippen MR) is 44.3 cm³/mol. The Balaban J connectivity index is 4.12. The van der Waals surface area contributed by atoms with Gasteiger partial charge in [-0.25, -0.2) is 0 Å². The molecule has 3 heteroatoms. The molecule has 0 saturated heterocycles. The number of hydrogen-bond acceptors (Lipinski definition) is 3. The number of carbonyl (C=O) groups excluding carboxylic acids is 1. The van der Waals surface area contributed by atoms with Crippen molar-refractivity contribution in [2.24, 2.45) is 5.92 Å². The van der Waals surface area contributed by atoms with Crippen molar-refractivity contribution in [3.63, 3.8) is 0 Å². The second-order valence-electron chi connectivity index (χ2n) is 3.21. The minimum atomic E-state index is -0.378. The standard InChI is InChI=1S/C8H17NO2/c1-7(2)8(3,5-9-4)11-6-10/h6-7,9H,5H2,1-4H3. The van der Waals surface area contributed by atoms with Crippen molar-refractivity contribution in [2.75, 3.05) is 13.6 Å². The van der Waals surface area contributed by atoms with E-state index in [1.165, 1.54) is 0 Å². The van der Waals surface area contributed by atoms with E-state index in [2.05, 4.69) is 5.32 Å². The summed E-state index contributed by atoms with van der Waals surface area (Å²) in [7, 11) is 1.84. The molecule has 0 aliphatic carbocycles. The number of likely N-dealkylation sites (N-methyl/N-ethyl adjacent to an activating group) is 1. The molecule has 0 aromatic carbocycles. The maximum atomic E-state index is 10.1. The Morgan fingerprint density at radius 2 is 2.18 bits per heavy atom. The van der Waals surface area contributed by atoms with Gasteiger partial charge in [0.2, 0.25) is 0 Å². The zero-order valence-electron chi connectivity index (χ0n) is 7.68. The van der Waals surface area contributed by atoms with Gasteiger partial charge in [-0.3, -0.25) is 4.79 Å². The molecule has 0 heterocycles. The van der Waals surface area contributed by atoms with E-state index in [1.807, 2.05) is 27.8 Å². The third kappa shape index (κ3) is 2.89. The molecular formula is C8H17NO2. The summed E-state index contributed by atoms with van der Waals surface area (Å²) in [5.74, 6) is 0.320. The number of carbonyl (C=O) groups is 1. The highest BCUT2D eigenvalue weighted by molar-refractivity contribution is 5.38. The summed E-state index contributed by atoms with van der Waals surface area (Å²) in [5, 5.41) is 2.99. The fourth-order valence-corrected chi connectivity index (χ4v) is 0.843. The second-order valence-corrected chi connectivity index (χ2v) is 3.21. The fraction of sp³-hybridized carbons (Fsp3) is 0.875. The first-order chi connectivity index (χ1) is 5.06. The van der Waals surface area contributed by atoms with Crippen LogP contribution in [0.1, 0.15) is 20.8 Å². The van der Waals surface area contributed by atoms with Crippen LogP contribution in [0, 0.1) is 5.92 Å². The molecule has 1 unspecified atom stereocenters. The van der Waals surface area contributed by atoms with Crippen molar-refractivity contribution in [3.8, 4) is 0 Å². The van der Waals surface area contributed by atoms with Gasteiger partial charge in [0, 0.05) is 6.54 Å². The number of ether oxygens (including phenoxy) is 1. The molecule has 0 bridgehead atoms. The third-order valence-electron chi connectivity index (χ3n) is 2.07. The highest BCUT2D eigenvalue weighted by Crippen LogP contribution is 2.19. The van der Waals surface area contributed by atoms with Gasteiger partial charge in [0.25, 0.3) is 6.47 Å². The van der Waals surface area contributed by atoms with Gasteiger partial charge < -0.3 is 10.1 Å². The Kier molecular flexibility index (Phi) is 4.11. The molecule has 11 heavy (non-hydrogen) atoms. The SMILES string of the molecule is CNCC(C)(OC=O)C(C)C. The zero-order valence-corrected chi connectivity index (χ0v) is 7.68. The Labute approximate surface area is 68.1 Å². The Hall–Kier alpha value is -0.570. The highest BCUT2D eigenvalue weighted by Gasteiger charge is 2.28. The van der Waals surface area contributed by atoms with Crippen LogP contribution < -0.4 is 5.32 Å². The molecule has 0 radical (unpaired) electrons. The van der Waals surface area contributed by atoms with Crippen molar-refractivity contribution in [3.05, 3.63) is 0 Å². The van der Waals surface area contributed by atoms with Crippen LogP contribution in [0.5, 0.6) is 0 Å². The summed E-state index contributed by atoms with van der Waals surface area (Å²) in [6.07, 6.45) is 0. The van der Waals surface area contributed by atoms with Gasteiger partial charge in [-0.2, -0.15) is 0 Å². The number of nitrogens with one attached hydrogen (secondary N) is 1. The molecule has 0 aliphatic heterocycles. The summed E-state index contributed by atoms with van der Waals surface area (Å²) in [4.78, 5) is 10.1. The number of hydrogen-bond donors (Lipinski definition) is 1. The van der Waals surface area contributed by atoms with Gasteiger partial charge in [0.05, 0.1) is 0 Å². The molecule has 0 rings (SSSR count). The molecule has 0 aromatic rings. The van der Waals surface area contributed by atoms with Gasteiger partial charge in [0.1, 0.15) is 5.60 Å². The molecule has 0 spiro atoms. The lowest BCUT2D eigenvalue weighted by atomic mass is 9.92. The Bertz CT molecular complexity index is 125. The molecule has 1 N–H and O–H groups in total. The minimum Gasteiger partial charge on any atom is -0.460 e. The van der Waals surface area contributed by atoms with Gasteiger partial charge >= 0.3 is 0 Å². The van der Waals surface area contributed by atoms with E-state index in [9.17, 15) is 4.79 Å². The van der Waals surface area contributed by atoms with Gasteiger partial charge in [-0.05, 0) is 19.9 Å². The maximum Gasteiger partial charge on any atom is 0.293 e. The maximum absolute atomic E-state index is 10.1. The molecule has 1 atom stereocenters. The second kappa shape index (κ2) is 4.34. The monoisotopic (exact) mass is 159 g/mol. The average molecular weight is 159 g/mol. The average Bonchev–Trinajstić information content (AvgIpc) is 1.88. The lowest BCUT2D eigenvalue weighted by Gasteiger charge is -2.31. The molecule has 66 valence electrons. The Morgan fingerprint density at radius 3 is 2.45 bits per heavy atom. The molecule has 0 aliphatic rings. The molecule has 0 amide bonds. The van der Waals surface area contributed by atoms with E-state index < -0.39 is 0 Å². The van der Waals surface area contributed by atoms with Gasteiger partial charge in [-0.15, -0.1) is 0 Å². The van der Waals surface area contributed by atoms with Crippen LogP contribution >= 0.6 is 0 Å². The van der Waals surface area contributed by atoms with Crippen LogP contribution in [0.25, 0.3) is 0 Å². The van der Waals surface area contributed by atoms with Crippen molar-refractivity contribution in [1.29, 1.82) is 0 Å². The summed E-state index contributed by atoms with van der Waals surface area (Å²) in [5.41, 5.74) is -0.378. The van der Waals surface area contributed by atoms with Crippen molar-refractivity contribution in [2.45, 2.75) is 26.4 Å². The van der Waals surface area contributed by atoms with Crippen LogP contribution in [0.3, 0.4) is 0 Å². The van der Waals surface area contributed by atoms with E-state index >= 15 is 0 Å². The van der Waals surface area contributed by atoms with Crippen LogP contribution in [0.4, 0.5) is 0 Å². The summed E-state index contributed by atoms with van der Waals surface area (Å²) in [6.45, 7) is 7.17. The first kappa shape index (κ1) is 10.4. The van der Waals surface area contributed by atoms with E-state index in [-0.39, 0.29) is 5.60 Å². The van der Waals surface area contributed by atoms with Crippen LogP contribution in [-0.4, -0.2) is 25.7 Å². The fourth-order valence-electron chi connectivity index (χ4n) is 0.843. The Morgan fingerprint density at radius 1 is 1.64 bits per heavy atom. The van der Waals surface area contributed by atoms with E-state index in [1.54, 1.807) is 0 Å². The summed E-state index contributed by atoms with van der Waals surface area (Å²) in [6, 6.07) is 0. The normalized spacial score (nSPS) is 16.1. The minimum absolute atomic E-state index is 0.320. The smallest absolute Gasteiger partial charge is 0.293 e. The van der Waals surface area contributed by atoms with Crippen molar-refractivity contribution < 1.29 is 9.53 Å². The van der Waals surface area contributed by atoms with Crippen LogP contribution in [0.15, 0.2) is 0 Å². The molecule has 0 aromatic heterocycles. The highest BCUT2D eigenvalue weighted by atomic mass is 16.5. The van der Waals surface area contributed by atoms with Gasteiger partial charge in [-0.1, -0.05) is 13.8 Å². The first-order valence-corrected chi connectivity index (χ1v) is 3.83. The van der Waals surface area contributed by atoms with Crippen molar-refractivity contribution in [1.82, 2.24) is 5.32 Å². The topological polar surface area (TPSA) is 38.3 Å². The van der Waals surface area contributed by atoms with E-state index in [0.29, 0.717) is 18.9 Å². The molecule has 0 saturated carbocycles. The van der Waals surface area contributed by atoms with Crippen LogP contribution in [-0.2, 0) is 9.53 Å². The number of rotatable bonds is 5. The lowest BCUT2D eigenvalue weighted by Crippen LogP contribution is -2.43. The van der Waals surface area contributed by atoms with E-state index in [4.69, 9.17) is 4.74 Å². The quantitative estimate of drug-likeness (QED) is 0.603. The van der Waals surface area contributed by atoms with Gasteiger partial charge in [0.15, 0.2) is 0 Å². The molecule has 3 nitrogen and oxygen atoms in total. The predicted octanol–water partition coefficient (Wildman–Crippen LogP) is 0.793. The largest absolute Gasteiger partial charge is 0.460 e. The molecule has 0 fully saturated rings. The molecular weight excluding hydrogens is 142 g/mol. The van der Waals surface area contributed by atoms with E-state index in [0.717, 1.165) is 0 Å². The zero-order chi connectivity index (χ0) is 8.91. The van der Waals surface area contributed by atoms with Crippen LogP contribution in [0.2, 0.25) is 0 Å². The summed E-state index contributed by atoms with van der Waals surface area (Å²) < 4.78 is 4.99. The summed E-state index contributed by atoms with van der Waals surface area (Å²) >= 11 is 0. The lowest BCUT2D eigenvalue weighted by molar-refractivity contribution is -0.145. The third-order valence-corrected chi connectivity index (χ3v) is 2.07. The first-order valence-electron chi connectivity index (χ1n) is 3.83. The van der Waals surface area contributed by atoms with Crippen molar-refractivity contribution >= 4 is 6.47 Å².